The van der Waals surface area contributed by atoms with Crippen molar-refractivity contribution in [2.75, 3.05) is 125 Å². The summed E-state index contributed by atoms with van der Waals surface area (Å²) in [5, 5.41) is 0. The lowest BCUT2D eigenvalue weighted by Crippen LogP contribution is -2.03. The highest BCUT2D eigenvalue weighted by Gasteiger charge is 2.20. The smallest absolute Gasteiger partial charge is 0.203 e. The molecule has 0 aliphatic heterocycles. The van der Waals surface area contributed by atoms with E-state index >= 15 is 0 Å². The normalized spacial score (nSPS) is 11.3. The van der Waals surface area contributed by atoms with Crippen LogP contribution in [0.25, 0.3) is 48.6 Å². The Labute approximate surface area is 652 Å². The van der Waals surface area contributed by atoms with Gasteiger partial charge in [0.05, 0.1) is 125 Å². The van der Waals surface area contributed by atoms with Gasteiger partial charge in [-0.1, -0.05) is 186 Å². The van der Waals surface area contributed by atoms with Crippen LogP contribution in [0, 0.1) is 0 Å². The number of para-hydroxylation sites is 2. The van der Waals surface area contributed by atoms with Crippen molar-refractivity contribution in [1.82, 2.24) is 0 Å². The Bertz CT molecular complexity index is 3750. The molecule has 0 N–H and O–H groups in total. The van der Waals surface area contributed by atoms with Crippen molar-refractivity contribution >= 4 is 48.6 Å². The number of methoxy groups -OCH3 is 12. The van der Waals surface area contributed by atoms with Crippen LogP contribution in [-0.2, 0) is 0 Å². The molecule has 8 aromatic rings. The molecule has 0 aliphatic rings. The third kappa shape index (κ3) is 26.5. The number of hydrogen-bond acceptors (Lipinski definition) is 18. The Morgan fingerprint density at radius 3 is 0.455 bits per heavy atom. The molecule has 0 saturated heterocycles. The minimum absolute atomic E-state index is 0.541. The van der Waals surface area contributed by atoms with Crippen molar-refractivity contribution in [3.05, 3.63) is 178 Å². The van der Waals surface area contributed by atoms with E-state index in [9.17, 15) is 0 Å². The Morgan fingerprint density at radius 2 is 0.300 bits per heavy atom. The number of hydrogen-bond donors (Lipinski definition) is 0. The molecule has 0 bridgehead atoms. The van der Waals surface area contributed by atoms with Crippen LogP contribution in [0.3, 0.4) is 0 Å². The van der Waals surface area contributed by atoms with Crippen molar-refractivity contribution < 1.29 is 85.3 Å². The zero-order valence-corrected chi connectivity index (χ0v) is 66.6. The monoisotopic (exact) mass is 1510 g/mol. The zero-order valence-electron chi connectivity index (χ0n) is 66.6. The van der Waals surface area contributed by atoms with Gasteiger partial charge < -0.3 is 85.3 Å². The van der Waals surface area contributed by atoms with Gasteiger partial charge in [-0.15, -0.1) is 0 Å². The fourth-order valence-corrected chi connectivity index (χ4v) is 12.5. The Morgan fingerprint density at radius 1 is 0.164 bits per heavy atom. The molecule has 110 heavy (non-hydrogen) atoms. The van der Waals surface area contributed by atoms with Crippen molar-refractivity contribution in [2.45, 2.75) is 116 Å². The standard InChI is InChI=1S/C92H114O18/c1-93-75-33-31-34-76(94-2)87(75)105-53-25-19-13-15-21-27-55-107-89-79(97-5)59-71(60-80(89)98-6)49-45-67-37-41-69(42-38-67)47-51-73-63-83(101-9)91(84(64-73)102-10)109-57-29-23-17-18-24-30-58-110-92-85(103-11)65-74(66-86(92)104-12)52-48-70-43-39-68(40-44-70)46-50-72-61-81(99-7)90(82(62-72)100-8)108-56-28-22-16-14-20-26-54-106-88-77(95-3)35-32-36-78(88)96-4/h31-52,59-66H,13-30,53-58H2,1-12H3/b49-45+,50-46+,51-47+,52-48+. The van der Waals surface area contributed by atoms with Crippen molar-refractivity contribution in [2.24, 2.45) is 0 Å². The lowest BCUT2D eigenvalue weighted by atomic mass is 10.1. The molecular formula is C92H114O18. The first-order valence-electron chi connectivity index (χ1n) is 38.2. The van der Waals surface area contributed by atoms with Gasteiger partial charge in [0.25, 0.3) is 0 Å². The third-order valence-corrected chi connectivity index (χ3v) is 18.5. The summed E-state index contributed by atoms with van der Waals surface area (Å²) in [6.45, 7) is 3.42. The topological polar surface area (TPSA) is 166 Å². The maximum absolute atomic E-state index is 6.31. The molecule has 0 aromatic heterocycles. The summed E-state index contributed by atoms with van der Waals surface area (Å²) in [5.74, 6) is 11.4. The van der Waals surface area contributed by atoms with E-state index in [1.165, 1.54) is 0 Å². The second-order valence-electron chi connectivity index (χ2n) is 26.1. The zero-order chi connectivity index (χ0) is 77.9. The van der Waals surface area contributed by atoms with Gasteiger partial charge in [0.2, 0.25) is 34.5 Å². The molecule has 18 nitrogen and oxygen atoms in total. The lowest BCUT2D eigenvalue weighted by Gasteiger charge is -2.16. The van der Waals surface area contributed by atoms with E-state index in [1.54, 1.807) is 85.3 Å². The minimum Gasteiger partial charge on any atom is -0.493 e. The number of rotatable bonds is 53. The molecule has 0 spiro atoms. The first kappa shape index (κ1) is 84.7. The highest BCUT2D eigenvalue weighted by Crippen LogP contribution is 2.44. The number of unbranched alkanes of at least 4 members (excludes halogenated alkanes) is 15. The highest BCUT2D eigenvalue weighted by atomic mass is 16.6. The van der Waals surface area contributed by atoms with E-state index < -0.39 is 0 Å². The maximum Gasteiger partial charge on any atom is 0.203 e. The third-order valence-electron chi connectivity index (χ3n) is 18.5. The molecular weight excluding hydrogens is 1390 g/mol. The summed E-state index contributed by atoms with van der Waals surface area (Å²) in [5.41, 5.74) is 7.89. The van der Waals surface area contributed by atoms with Crippen LogP contribution in [0.15, 0.2) is 133 Å². The first-order valence-corrected chi connectivity index (χ1v) is 38.2. The second kappa shape index (κ2) is 47.8. The molecule has 8 aromatic carbocycles. The quantitative estimate of drug-likeness (QED) is 0.0261. The van der Waals surface area contributed by atoms with Gasteiger partial charge in [0, 0.05) is 0 Å². The van der Waals surface area contributed by atoms with Crippen LogP contribution in [0.1, 0.15) is 160 Å². The minimum atomic E-state index is 0.541. The number of benzene rings is 8. The van der Waals surface area contributed by atoms with Gasteiger partial charge in [-0.25, -0.2) is 0 Å². The van der Waals surface area contributed by atoms with E-state index in [1.807, 2.05) is 109 Å². The van der Waals surface area contributed by atoms with Crippen LogP contribution in [0.4, 0.5) is 0 Å². The predicted molar refractivity (Wildman–Crippen MR) is 442 cm³/mol. The van der Waals surface area contributed by atoms with E-state index in [0.717, 1.165) is 160 Å². The van der Waals surface area contributed by atoms with Gasteiger partial charge in [0.1, 0.15) is 0 Å². The maximum atomic E-state index is 6.31. The van der Waals surface area contributed by atoms with E-state index in [0.29, 0.717) is 143 Å². The molecule has 0 atom stereocenters. The second-order valence-corrected chi connectivity index (χ2v) is 26.1. The van der Waals surface area contributed by atoms with Crippen LogP contribution in [-0.4, -0.2) is 125 Å². The predicted octanol–water partition coefficient (Wildman–Crippen LogP) is 21.9. The average Bonchev–Trinajstić information content (AvgIpc) is 0.842. The molecule has 0 aliphatic carbocycles. The van der Waals surface area contributed by atoms with Crippen molar-refractivity contribution in [1.29, 1.82) is 0 Å². The molecule has 590 valence electrons. The van der Waals surface area contributed by atoms with Crippen LogP contribution in [0.2, 0.25) is 0 Å². The summed E-state index contributed by atoms with van der Waals surface area (Å²) in [4.78, 5) is 0. The van der Waals surface area contributed by atoms with Gasteiger partial charge in [-0.05, 0) is 156 Å². The van der Waals surface area contributed by atoms with Gasteiger partial charge in [-0.2, -0.15) is 0 Å². The largest absolute Gasteiger partial charge is 0.493 e. The molecule has 0 amide bonds. The van der Waals surface area contributed by atoms with E-state index in [4.69, 9.17) is 85.3 Å². The molecule has 18 heteroatoms. The van der Waals surface area contributed by atoms with Gasteiger partial charge in [0.15, 0.2) is 69.0 Å². The fraction of sp³-hybridized carbons (Fsp3) is 0.391. The average molecular weight is 1510 g/mol. The Balaban J connectivity index is 0.698. The number of ether oxygens (including phenoxy) is 18. The molecule has 0 fully saturated rings. The van der Waals surface area contributed by atoms with Crippen LogP contribution >= 0.6 is 0 Å². The van der Waals surface area contributed by atoms with Gasteiger partial charge >= 0.3 is 0 Å². The highest BCUT2D eigenvalue weighted by molar-refractivity contribution is 5.78. The van der Waals surface area contributed by atoms with Crippen LogP contribution < -0.4 is 85.3 Å². The lowest BCUT2D eigenvalue weighted by molar-refractivity contribution is 0.262. The van der Waals surface area contributed by atoms with Crippen molar-refractivity contribution in [3.63, 3.8) is 0 Å². The molecule has 8 rings (SSSR count). The van der Waals surface area contributed by atoms with E-state index in [-0.39, 0.29) is 0 Å². The Hall–Kier alpha value is -10.9. The summed E-state index contributed by atoms with van der Waals surface area (Å²) in [6, 6.07) is 43.7. The van der Waals surface area contributed by atoms with E-state index in [2.05, 4.69) is 72.8 Å². The summed E-state index contributed by atoms with van der Waals surface area (Å²) in [6.07, 6.45) is 34.9. The molecule has 0 heterocycles. The first-order chi connectivity index (χ1) is 54.0. The Kier molecular flexibility index (Phi) is 36.8. The van der Waals surface area contributed by atoms with Crippen LogP contribution in [0.5, 0.6) is 103 Å². The summed E-state index contributed by atoms with van der Waals surface area (Å²) >= 11 is 0. The molecule has 0 unspecified atom stereocenters. The molecule has 0 saturated carbocycles. The van der Waals surface area contributed by atoms with Gasteiger partial charge in [-0.3, -0.25) is 0 Å². The molecule has 0 radical (unpaired) electrons. The fourth-order valence-electron chi connectivity index (χ4n) is 12.5. The summed E-state index contributed by atoms with van der Waals surface area (Å²) in [7, 11) is 19.7. The SMILES string of the molecule is COc1cccc(OC)c1OCCCCCCCCOc1c(OC)cc(/C=C/c2ccc(/C=C/c3cc(OC)c(OCCCCCCCCOc4c(OC)cc(/C=C/c5ccc(/C=C/c6cc(OC)c(OCCCCCCCCOc7c(OC)cccc7OC)c(OC)c6)cc5)cc4OC)c(OC)c3)cc2)cc1OC. The van der Waals surface area contributed by atoms with Crippen molar-refractivity contribution in [3.8, 4) is 103 Å². The summed E-state index contributed by atoms with van der Waals surface area (Å²) < 4.78 is 105.